The summed E-state index contributed by atoms with van der Waals surface area (Å²) >= 11 is 0. The summed E-state index contributed by atoms with van der Waals surface area (Å²) in [5.41, 5.74) is 4.66. The lowest BCUT2D eigenvalue weighted by Gasteiger charge is -2.58. The molecule has 8 nitrogen and oxygen atoms in total. The lowest BCUT2D eigenvalue weighted by atomic mass is 9.52. The summed E-state index contributed by atoms with van der Waals surface area (Å²) in [6.07, 6.45) is -0.606. The van der Waals surface area contributed by atoms with E-state index in [0.29, 0.717) is 25.7 Å². The van der Waals surface area contributed by atoms with Crippen molar-refractivity contribution in [1.82, 2.24) is 9.88 Å². The number of imide groups is 1. The molecule has 3 fully saturated rings. The van der Waals surface area contributed by atoms with Gasteiger partial charge in [-0.3, -0.25) is 19.4 Å². The van der Waals surface area contributed by atoms with Crippen LogP contribution >= 0.6 is 0 Å². The Morgan fingerprint density at radius 1 is 1.12 bits per heavy atom. The number of nitrogens with zero attached hydrogens (tertiary/aromatic N) is 3. The van der Waals surface area contributed by atoms with Crippen molar-refractivity contribution < 1.29 is 32.3 Å². The second kappa shape index (κ2) is 7.71. The van der Waals surface area contributed by atoms with Crippen LogP contribution in [0.1, 0.15) is 41.6 Å². The molecule has 1 saturated heterocycles. The quantitative estimate of drug-likeness (QED) is 0.669. The maximum Gasteiger partial charge on any atom is 0.416 e. The second-order valence-corrected chi connectivity index (χ2v) is 9.11. The number of halogens is 3. The summed E-state index contributed by atoms with van der Waals surface area (Å²) in [5, 5.41) is 0. The van der Waals surface area contributed by atoms with Gasteiger partial charge in [-0.15, -0.1) is 0 Å². The number of aromatic nitrogens is 1. The van der Waals surface area contributed by atoms with Gasteiger partial charge in [-0.05, 0) is 61.4 Å². The number of amides is 4. The number of carbonyl (C=O) groups is 3. The minimum atomic E-state index is -4.54. The van der Waals surface area contributed by atoms with Crippen molar-refractivity contribution in [3.05, 3.63) is 53.7 Å². The molecule has 5 rings (SSSR count). The van der Waals surface area contributed by atoms with E-state index in [1.807, 2.05) is 0 Å². The number of urea groups is 1. The van der Waals surface area contributed by atoms with E-state index in [1.54, 1.807) is 12.1 Å². The first-order chi connectivity index (χ1) is 16.1. The van der Waals surface area contributed by atoms with Gasteiger partial charge in [-0.25, -0.2) is 9.78 Å². The number of alkyl halides is 3. The van der Waals surface area contributed by atoms with Crippen LogP contribution < -0.4 is 15.4 Å². The molecule has 0 unspecified atom stereocenters. The average Bonchev–Trinajstić information content (AvgIpc) is 3.02. The predicted octanol–water partition coefficient (Wildman–Crippen LogP) is 3.36. The molecule has 1 aromatic heterocycles. The number of anilines is 1. The molecule has 3 aliphatic rings. The highest BCUT2D eigenvalue weighted by Gasteiger charge is 2.58. The number of benzene rings is 1. The monoisotopic (exact) mass is 474 g/mol. The highest BCUT2D eigenvalue weighted by molar-refractivity contribution is 6.12. The Hall–Kier alpha value is -3.63. The molecular formula is C23H21F3N4O4. The second-order valence-electron chi connectivity index (χ2n) is 9.11. The topological polar surface area (TPSA) is 106 Å². The highest BCUT2D eigenvalue weighted by Crippen LogP contribution is 2.58. The van der Waals surface area contributed by atoms with Gasteiger partial charge in [-0.1, -0.05) is 6.07 Å². The molecule has 1 spiro atoms. The number of primary amides is 1. The molecule has 1 aliphatic heterocycles. The highest BCUT2D eigenvalue weighted by atomic mass is 19.4. The van der Waals surface area contributed by atoms with Crippen molar-refractivity contribution >= 4 is 23.5 Å². The Labute approximate surface area is 192 Å². The zero-order valence-corrected chi connectivity index (χ0v) is 17.9. The van der Waals surface area contributed by atoms with Crippen LogP contribution in [-0.2, 0) is 11.0 Å². The smallest absolute Gasteiger partial charge is 0.416 e. The molecule has 34 heavy (non-hydrogen) atoms. The SMILES string of the molecule is NC(=O)c1cccnc1OC1CC2(C1)CC(N1C(=O)CN(c3cccc(C(F)(F)F)c3)C1=O)C2. The lowest BCUT2D eigenvalue weighted by molar-refractivity contribution is -0.139. The summed E-state index contributed by atoms with van der Waals surface area (Å²) in [5.74, 6) is -0.862. The fourth-order valence-corrected chi connectivity index (χ4v) is 5.20. The maximum atomic E-state index is 13.0. The van der Waals surface area contributed by atoms with Crippen molar-refractivity contribution in [2.24, 2.45) is 11.1 Å². The van der Waals surface area contributed by atoms with Crippen LogP contribution in [0.4, 0.5) is 23.7 Å². The third kappa shape index (κ3) is 3.74. The largest absolute Gasteiger partial charge is 0.474 e. The molecule has 178 valence electrons. The molecule has 0 atom stereocenters. The van der Waals surface area contributed by atoms with Crippen LogP contribution in [0.5, 0.6) is 5.88 Å². The van der Waals surface area contributed by atoms with Gasteiger partial charge < -0.3 is 10.5 Å². The first-order valence-corrected chi connectivity index (χ1v) is 10.8. The van der Waals surface area contributed by atoms with Crippen molar-refractivity contribution in [3.63, 3.8) is 0 Å². The molecule has 0 bridgehead atoms. The fraction of sp³-hybridized carbons (Fsp3) is 0.391. The van der Waals surface area contributed by atoms with Crippen LogP contribution in [-0.4, -0.2) is 46.4 Å². The number of pyridine rings is 1. The lowest BCUT2D eigenvalue weighted by Crippen LogP contribution is -2.60. The summed E-state index contributed by atoms with van der Waals surface area (Å²) in [4.78, 5) is 43.3. The van der Waals surface area contributed by atoms with Crippen molar-refractivity contribution in [2.45, 2.75) is 44.0 Å². The van der Waals surface area contributed by atoms with Crippen molar-refractivity contribution in [1.29, 1.82) is 0 Å². The standard InChI is InChI=1S/C23H21F3N4O4/c24-23(25,26)13-3-1-4-14(7-13)29-12-18(31)30(21(29)33)15-8-22(9-15)10-16(11-22)34-20-17(19(27)32)5-2-6-28-20/h1-7,15-16H,8-12H2,(H2,27,32). The maximum absolute atomic E-state index is 13.0. The first-order valence-electron chi connectivity index (χ1n) is 10.8. The van der Waals surface area contributed by atoms with Gasteiger partial charge in [0.2, 0.25) is 5.88 Å². The van der Waals surface area contributed by atoms with E-state index in [1.165, 1.54) is 23.2 Å². The van der Waals surface area contributed by atoms with Crippen LogP contribution in [0.2, 0.25) is 0 Å². The molecule has 2 heterocycles. The van der Waals surface area contributed by atoms with Gasteiger partial charge in [0, 0.05) is 17.9 Å². The summed E-state index contributed by atoms with van der Waals surface area (Å²) in [6.45, 7) is -0.287. The normalized spacial score (nSPS) is 26.4. The van der Waals surface area contributed by atoms with Crippen molar-refractivity contribution in [3.8, 4) is 5.88 Å². The van der Waals surface area contributed by atoms with Crippen LogP contribution in [0.3, 0.4) is 0 Å². The first kappa shape index (κ1) is 22.2. The van der Waals surface area contributed by atoms with E-state index < -0.39 is 29.6 Å². The zero-order valence-electron chi connectivity index (χ0n) is 17.9. The Bertz CT molecular complexity index is 1170. The average molecular weight is 474 g/mol. The van der Waals surface area contributed by atoms with E-state index in [9.17, 15) is 27.6 Å². The van der Waals surface area contributed by atoms with Crippen LogP contribution in [0.15, 0.2) is 42.6 Å². The third-order valence-corrected chi connectivity index (χ3v) is 6.82. The molecule has 1 aromatic carbocycles. The molecule has 4 amide bonds. The van der Waals surface area contributed by atoms with E-state index in [-0.39, 0.29) is 41.2 Å². The summed E-state index contributed by atoms with van der Waals surface area (Å²) in [7, 11) is 0. The van der Waals surface area contributed by atoms with Crippen LogP contribution in [0.25, 0.3) is 0 Å². The molecule has 2 aliphatic carbocycles. The Kier molecular flexibility index (Phi) is 5.03. The van der Waals surface area contributed by atoms with Crippen LogP contribution in [0, 0.1) is 5.41 Å². The van der Waals surface area contributed by atoms with E-state index in [2.05, 4.69) is 4.98 Å². The predicted molar refractivity (Wildman–Crippen MR) is 113 cm³/mol. The summed E-state index contributed by atoms with van der Waals surface area (Å²) < 4.78 is 45.0. The Morgan fingerprint density at radius 3 is 2.53 bits per heavy atom. The minimum absolute atomic E-state index is 0.0439. The van der Waals surface area contributed by atoms with Crippen molar-refractivity contribution in [2.75, 3.05) is 11.4 Å². The Morgan fingerprint density at radius 2 is 1.85 bits per heavy atom. The zero-order chi connectivity index (χ0) is 24.3. The molecule has 2 saturated carbocycles. The number of hydrogen-bond acceptors (Lipinski definition) is 5. The number of nitrogens with two attached hydrogens (primary N) is 1. The van der Waals surface area contributed by atoms with Gasteiger partial charge in [0.05, 0.1) is 5.56 Å². The number of ether oxygens (including phenoxy) is 1. The number of hydrogen-bond donors (Lipinski definition) is 1. The van der Waals surface area contributed by atoms with Gasteiger partial charge in [0.1, 0.15) is 18.2 Å². The molecule has 2 aromatic rings. The molecule has 2 N–H and O–H groups in total. The number of rotatable bonds is 5. The van der Waals surface area contributed by atoms with Gasteiger partial charge in [0.25, 0.3) is 11.8 Å². The minimum Gasteiger partial charge on any atom is -0.474 e. The fourth-order valence-electron chi connectivity index (χ4n) is 5.20. The number of carbonyl (C=O) groups excluding carboxylic acids is 3. The van der Waals surface area contributed by atoms with Gasteiger partial charge >= 0.3 is 12.2 Å². The Balaban J connectivity index is 1.20. The molecule has 0 radical (unpaired) electrons. The van der Waals surface area contributed by atoms with E-state index in [0.717, 1.165) is 17.0 Å². The van der Waals surface area contributed by atoms with E-state index >= 15 is 0 Å². The van der Waals surface area contributed by atoms with Gasteiger partial charge in [0.15, 0.2) is 0 Å². The molecule has 11 heteroatoms. The third-order valence-electron chi connectivity index (χ3n) is 6.82. The van der Waals surface area contributed by atoms with E-state index in [4.69, 9.17) is 10.5 Å². The molecular weight excluding hydrogens is 453 g/mol. The summed E-state index contributed by atoms with van der Waals surface area (Å²) in [6, 6.07) is 6.64. The van der Waals surface area contributed by atoms with Gasteiger partial charge in [-0.2, -0.15) is 13.2 Å².